The number of hydrogen-bond acceptors (Lipinski definition) is 2. The van der Waals surface area contributed by atoms with E-state index < -0.39 is 0 Å². The van der Waals surface area contributed by atoms with E-state index in [1.54, 1.807) is 6.08 Å². The highest BCUT2D eigenvalue weighted by Crippen LogP contribution is 2.08. The second-order valence-electron chi connectivity index (χ2n) is 2.25. The lowest BCUT2D eigenvalue weighted by atomic mass is 10.1. The molecule has 0 unspecified atom stereocenters. The molecular formula is C7H9NO. The maximum absolute atomic E-state index is 10.7. The fourth-order valence-corrected chi connectivity index (χ4v) is 0.891. The molecule has 2 heteroatoms. The number of hydrogen-bond donors (Lipinski definition) is 1. The zero-order chi connectivity index (χ0) is 6.85. The van der Waals surface area contributed by atoms with E-state index in [2.05, 4.69) is 0 Å². The Labute approximate surface area is 54.0 Å². The Hall–Kier alpha value is -1.05. The van der Waals surface area contributed by atoms with Crippen LogP contribution in [0.25, 0.3) is 0 Å². The molecule has 0 aromatic carbocycles. The van der Waals surface area contributed by atoms with Crippen molar-refractivity contribution in [1.82, 2.24) is 0 Å². The van der Waals surface area contributed by atoms with Gasteiger partial charge >= 0.3 is 0 Å². The third-order valence-corrected chi connectivity index (χ3v) is 1.18. The van der Waals surface area contributed by atoms with E-state index in [1.807, 2.05) is 13.0 Å². The van der Waals surface area contributed by atoms with Crippen LogP contribution in [0.2, 0.25) is 0 Å². The van der Waals surface area contributed by atoms with Crippen molar-refractivity contribution in [3.05, 3.63) is 23.4 Å². The summed E-state index contributed by atoms with van der Waals surface area (Å²) in [5.74, 6) is 0.104. The largest absolute Gasteiger partial charge is 0.402 e. The van der Waals surface area contributed by atoms with Crippen LogP contribution in [0, 0.1) is 0 Å². The summed E-state index contributed by atoms with van der Waals surface area (Å²) < 4.78 is 0. The number of carbonyl (C=O) groups excluding carboxylic acids is 1. The Bertz CT molecular complexity index is 201. The molecule has 2 nitrogen and oxygen atoms in total. The molecule has 0 aromatic rings. The van der Waals surface area contributed by atoms with Gasteiger partial charge in [0.2, 0.25) is 0 Å². The number of nitrogens with two attached hydrogens (primary N) is 1. The monoisotopic (exact) mass is 123 g/mol. The van der Waals surface area contributed by atoms with Gasteiger partial charge in [-0.25, -0.2) is 0 Å². The van der Waals surface area contributed by atoms with Gasteiger partial charge in [-0.1, -0.05) is 0 Å². The van der Waals surface area contributed by atoms with Crippen LogP contribution in [0.1, 0.15) is 13.3 Å². The van der Waals surface area contributed by atoms with E-state index in [9.17, 15) is 4.79 Å². The molecule has 0 bridgehead atoms. The molecule has 0 atom stereocenters. The van der Waals surface area contributed by atoms with E-state index in [4.69, 9.17) is 5.73 Å². The molecule has 0 amide bonds. The van der Waals surface area contributed by atoms with Gasteiger partial charge < -0.3 is 5.73 Å². The molecule has 0 aromatic heterocycles. The van der Waals surface area contributed by atoms with Gasteiger partial charge in [-0.15, -0.1) is 0 Å². The van der Waals surface area contributed by atoms with Gasteiger partial charge in [0.15, 0.2) is 5.78 Å². The van der Waals surface area contributed by atoms with Crippen LogP contribution in [0.5, 0.6) is 0 Å². The summed E-state index contributed by atoms with van der Waals surface area (Å²) in [6, 6.07) is 0. The molecule has 0 saturated heterocycles. The van der Waals surface area contributed by atoms with E-state index >= 15 is 0 Å². The maximum Gasteiger partial charge on any atom is 0.161 e. The average molecular weight is 123 g/mol. The normalized spacial score (nSPS) is 19.0. The van der Waals surface area contributed by atoms with Crippen molar-refractivity contribution in [2.24, 2.45) is 5.73 Å². The van der Waals surface area contributed by atoms with E-state index in [0.29, 0.717) is 12.1 Å². The molecule has 48 valence electrons. The molecule has 0 aliphatic heterocycles. The Morgan fingerprint density at radius 2 is 2.22 bits per heavy atom. The SMILES string of the molecule is CC1=CC(=O)CC(N)=C1. The molecule has 0 radical (unpaired) electrons. The smallest absolute Gasteiger partial charge is 0.161 e. The first-order valence-electron chi connectivity index (χ1n) is 2.85. The average Bonchev–Trinajstić information content (AvgIpc) is 1.59. The number of ketones is 1. The first kappa shape index (κ1) is 6.08. The molecule has 0 fully saturated rings. The first-order chi connectivity index (χ1) is 4.18. The molecule has 0 saturated carbocycles. The molecule has 2 N–H and O–H groups in total. The van der Waals surface area contributed by atoms with Crippen molar-refractivity contribution in [3.8, 4) is 0 Å². The highest BCUT2D eigenvalue weighted by Gasteiger charge is 2.05. The van der Waals surface area contributed by atoms with Gasteiger partial charge in [0.05, 0.1) is 6.42 Å². The van der Waals surface area contributed by atoms with Crippen molar-refractivity contribution in [3.63, 3.8) is 0 Å². The molecule has 1 aliphatic rings. The van der Waals surface area contributed by atoms with E-state index in [1.165, 1.54) is 0 Å². The summed E-state index contributed by atoms with van der Waals surface area (Å²) in [7, 11) is 0. The summed E-state index contributed by atoms with van der Waals surface area (Å²) in [4.78, 5) is 10.7. The Morgan fingerprint density at radius 1 is 1.56 bits per heavy atom. The van der Waals surface area contributed by atoms with Gasteiger partial charge in [-0.05, 0) is 24.6 Å². The lowest BCUT2D eigenvalue weighted by Gasteiger charge is -2.03. The number of rotatable bonds is 0. The lowest BCUT2D eigenvalue weighted by Crippen LogP contribution is -2.08. The topological polar surface area (TPSA) is 43.1 Å². The van der Waals surface area contributed by atoms with Crippen molar-refractivity contribution >= 4 is 5.78 Å². The Morgan fingerprint density at radius 3 is 2.67 bits per heavy atom. The van der Waals surface area contributed by atoms with Crippen LogP contribution >= 0.6 is 0 Å². The third kappa shape index (κ3) is 1.42. The van der Waals surface area contributed by atoms with Crippen molar-refractivity contribution in [2.75, 3.05) is 0 Å². The van der Waals surface area contributed by atoms with Gasteiger partial charge in [-0.2, -0.15) is 0 Å². The van der Waals surface area contributed by atoms with Crippen LogP contribution in [0.3, 0.4) is 0 Å². The summed E-state index contributed by atoms with van der Waals surface area (Å²) in [6.07, 6.45) is 3.81. The summed E-state index contributed by atoms with van der Waals surface area (Å²) in [6.45, 7) is 1.86. The molecule has 0 spiro atoms. The Kier molecular flexibility index (Phi) is 1.39. The second kappa shape index (κ2) is 2.05. The van der Waals surface area contributed by atoms with Gasteiger partial charge in [0, 0.05) is 5.70 Å². The van der Waals surface area contributed by atoms with Crippen LogP contribution in [0.4, 0.5) is 0 Å². The first-order valence-corrected chi connectivity index (χ1v) is 2.85. The Balaban J connectivity index is 2.86. The fraction of sp³-hybridized carbons (Fsp3) is 0.286. The van der Waals surface area contributed by atoms with Gasteiger partial charge in [-0.3, -0.25) is 4.79 Å². The lowest BCUT2D eigenvalue weighted by molar-refractivity contribution is -0.114. The van der Waals surface area contributed by atoms with Crippen molar-refractivity contribution in [1.29, 1.82) is 0 Å². The van der Waals surface area contributed by atoms with Gasteiger partial charge in [0.1, 0.15) is 0 Å². The maximum atomic E-state index is 10.7. The molecule has 0 heterocycles. The predicted molar refractivity (Wildman–Crippen MR) is 35.7 cm³/mol. The molecule has 9 heavy (non-hydrogen) atoms. The summed E-state index contributed by atoms with van der Waals surface area (Å²) in [5, 5.41) is 0. The van der Waals surface area contributed by atoms with Gasteiger partial charge in [0.25, 0.3) is 0 Å². The summed E-state index contributed by atoms with van der Waals surface area (Å²) >= 11 is 0. The van der Waals surface area contributed by atoms with Crippen LogP contribution < -0.4 is 5.73 Å². The fourth-order valence-electron chi connectivity index (χ4n) is 0.891. The molecular weight excluding hydrogens is 114 g/mol. The van der Waals surface area contributed by atoms with Crippen LogP contribution in [0.15, 0.2) is 23.4 Å². The van der Waals surface area contributed by atoms with E-state index in [-0.39, 0.29) is 5.78 Å². The second-order valence-corrected chi connectivity index (χ2v) is 2.25. The third-order valence-electron chi connectivity index (χ3n) is 1.18. The van der Waals surface area contributed by atoms with Crippen LogP contribution in [-0.2, 0) is 4.79 Å². The van der Waals surface area contributed by atoms with Crippen LogP contribution in [-0.4, -0.2) is 5.78 Å². The quantitative estimate of drug-likeness (QED) is 0.516. The molecule has 1 rings (SSSR count). The zero-order valence-corrected chi connectivity index (χ0v) is 5.35. The molecule has 1 aliphatic carbocycles. The van der Waals surface area contributed by atoms with E-state index in [0.717, 1.165) is 5.57 Å². The number of allylic oxidation sites excluding steroid dienone is 4. The summed E-state index contributed by atoms with van der Waals surface area (Å²) in [5.41, 5.74) is 7.03. The minimum Gasteiger partial charge on any atom is -0.402 e. The standard InChI is InChI=1S/C7H9NO/c1-5-2-6(8)4-7(9)3-5/h2-3H,4,8H2,1H3. The zero-order valence-electron chi connectivity index (χ0n) is 5.35. The number of carbonyl (C=O) groups is 1. The van der Waals surface area contributed by atoms with Crippen molar-refractivity contribution < 1.29 is 4.79 Å². The minimum absolute atomic E-state index is 0.104. The minimum atomic E-state index is 0.104. The highest BCUT2D eigenvalue weighted by atomic mass is 16.1. The highest BCUT2D eigenvalue weighted by molar-refractivity contribution is 5.93. The van der Waals surface area contributed by atoms with Crippen molar-refractivity contribution in [2.45, 2.75) is 13.3 Å². The predicted octanol–water partition coefficient (Wildman–Crippen LogP) is 0.748.